The number of nitro benzene ring substituents is 1. The van der Waals surface area contributed by atoms with E-state index in [4.69, 9.17) is 11.6 Å². The maximum Gasteiger partial charge on any atom is 0.271 e. The molecule has 0 atom stereocenters. The first kappa shape index (κ1) is 13.8. The second-order valence-corrected chi connectivity index (χ2v) is 5.22. The number of non-ortho nitro benzene ring substituents is 1. The van der Waals surface area contributed by atoms with Crippen LogP contribution in [0.4, 0.5) is 11.4 Å². The minimum Gasteiger partial charge on any atom is -0.380 e. The summed E-state index contributed by atoms with van der Waals surface area (Å²) in [5, 5.41) is 14.1. The summed E-state index contributed by atoms with van der Waals surface area (Å²) in [5.74, 6) is 0. The molecule has 0 saturated heterocycles. The number of nitrogens with zero attached hydrogens (tertiary/aromatic N) is 1. The number of hydrogen-bond acceptors (Lipinski definition) is 3. The Bertz CT molecular complexity index is 602. The highest BCUT2D eigenvalue weighted by molar-refractivity contribution is 9.10. The fraction of sp³-hybridized carbons (Fsp3) is 0.0769. The molecule has 0 aliphatic rings. The van der Waals surface area contributed by atoms with Crippen molar-refractivity contribution in [3.05, 3.63) is 67.6 Å². The summed E-state index contributed by atoms with van der Waals surface area (Å²) >= 11 is 9.36. The Hall–Kier alpha value is -1.59. The lowest BCUT2D eigenvalue weighted by Gasteiger charge is -2.08. The molecule has 19 heavy (non-hydrogen) atoms. The van der Waals surface area contributed by atoms with Crippen molar-refractivity contribution in [3.63, 3.8) is 0 Å². The smallest absolute Gasteiger partial charge is 0.271 e. The van der Waals surface area contributed by atoms with Gasteiger partial charge in [-0.25, -0.2) is 0 Å². The van der Waals surface area contributed by atoms with Gasteiger partial charge in [0.15, 0.2) is 0 Å². The van der Waals surface area contributed by atoms with Crippen LogP contribution in [-0.2, 0) is 6.54 Å². The Labute approximate surface area is 123 Å². The zero-order valence-electron chi connectivity index (χ0n) is 9.77. The van der Waals surface area contributed by atoms with Crippen LogP contribution in [-0.4, -0.2) is 4.92 Å². The lowest BCUT2D eigenvalue weighted by Crippen LogP contribution is -2.00. The highest BCUT2D eigenvalue weighted by atomic mass is 79.9. The molecule has 0 bridgehead atoms. The van der Waals surface area contributed by atoms with Crippen LogP contribution in [0.5, 0.6) is 0 Å². The summed E-state index contributed by atoms with van der Waals surface area (Å²) in [6.45, 7) is 0.602. The van der Waals surface area contributed by atoms with Crippen LogP contribution in [0.1, 0.15) is 5.56 Å². The molecule has 4 nitrogen and oxygen atoms in total. The van der Waals surface area contributed by atoms with E-state index >= 15 is 0 Å². The fourth-order valence-corrected chi connectivity index (χ4v) is 2.07. The van der Waals surface area contributed by atoms with Crippen LogP contribution in [0.3, 0.4) is 0 Å². The average Bonchev–Trinajstić information content (AvgIpc) is 2.39. The zero-order valence-corrected chi connectivity index (χ0v) is 12.1. The standard InChI is InChI=1S/C13H10BrClN2O2/c14-10-3-1-9(2-4-10)8-16-13-6-5-11(17(18)19)7-12(13)15/h1-7,16H,8H2. The molecule has 0 saturated carbocycles. The van der Waals surface area contributed by atoms with E-state index in [1.807, 2.05) is 24.3 Å². The molecule has 0 aromatic heterocycles. The van der Waals surface area contributed by atoms with Crippen molar-refractivity contribution >= 4 is 38.9 Å². The first-order valence-corrected chi connectivity index (χ1v) is 6.65. The van der Waals surface area contributed by atoms with Gasteiger partial charge in [-0.1, -0.05) is 39.7 Å². The Morgan fingerprint density at radius 3 is 2.47 bits per heavy atom. The van der Waals surface area contributed by atoms with E-state index in [0.717, 1.165) is 10.0 Å². The van der Waals surface area contributed by atoms with E-state index in [0.29, 0.717) is 17.3 Å². The highest BCUT2D eigenvalue weighted by Gasteiger charge is 2.08. The fourth-order valence-electron chi connectivity index (χ4n) is 1.56. The van der Waals surface area contributed by atoms with Crippen molar-refractivity contribution in [1.29, 1.82) is 0 Å². The van der Waals surface area contributed by atoms with Gasteiger partial charge in [0.1, 0.15) is 0 Å². The number of hydrogen-bond donors (Lipinski definition) is 1. The summed E-state index contributed by atoms with van der Waals surface area (Å²) in [4.78, 5) is 10.1. The predicted molar refractivity (Wildman–Crippen MR) is 79.6 cm³/mol. The molecular formula is C13H10BrClN2O2. The number of halogens is 2. The summed E-state index contributed by atoms with van der Waals surface area (Å²) in [6, 6.07) is 12.2. The summed E-state index contributed by atoms with van der Waals surface area (Å²) in [7, 11) is 0. The van der Waals surface area contributed by atoms with E-state index in [-0.39, 0.29) is 5.69 Å². The molecule has 0 amide bonds. The zero-order chi connectivity index (χ0) is 13.8. The van der Waals surface area contributed by atoms with Crippen LogP contribution in [0.15, 0.2) is 46.9 Å². The average molecular weight is 342 g/mol. The highest BCUT2D eigenvalue weighted by Crippen LogP contribution is 2.27. The molecule has 2 rings (SSSR count). The van der Waals surface area contributed by atoms with Gasteiger partial charge in [0.25, 0.3) is 5.69 Å². The normalized spacial score (nSPS) is 10.2. The summed E-state index contributed by atoms with van der Waals surface area (Å²) < 4.78 is 1.02. The van der Waals surface area contributed by atoms with Gasteiger partial charge in [0, 0.05) is 23.2 Å². The molecule has 6 heteroatoms. The largest absolute Gasteiger partial charge is 0.380 e. The van der Waals surface area contributed by atoms with E-state index in [9.17, 15) is 10.1 Å². The summed E-state index contributed by atoms with van der Waals surface area (Å²) in [6.07, 6.45) is 0. The van der Waals surface area contributed by atoms with Gasteiger partial charge < -0.3 is 5.32 Å². The maximum atomic E-state index is 10.6. The number of nitrogens with one attached hydrogen (secondary N) is 1. The topological polar surface area (TPSA) is 55.2 Å². The van der Waals surface area contributed by atoms with Crippen LogP contribution < -0.4 is 5.32 Å². The van der Waals surface area contributed by atoms with E-state index in [2.05, 4.69) is 21.2 Å². The Kier molecular flexibility index (Phi) is 4.39. The van der Waals surface area contributed by atoms with Gasteiger partial charge in [-0.2, -0.15) is 0 Å². The molecule has 0 heterocycles. The van der Waals surface area contributed by atoms with Crippen molar-refractivity contribution in [2.24, 2.45) is 0 Å². The molecular weight excluding hydrogens is 332 g/mol. The second kappa shape index (κ2) is 6.04. The van der Waals surface area contributed by atoms with Gasteiger partial charge >= 0.3 is 0 Å². The molecule has 2 aromatic rings. The van der Waals surface area contributed by atoms with Crippen LogP contribution >= 0.6 is 27.5 Å². The number of anilines is 1. The van der Waals surface area contributed by atoms with Crippen LogP contribution in [0.2, 0.25) is 5.02 Å². The molecule has 1 N–H and O–H groups in total. The van der Waals surface area contributed by atoms with Gasteiger partial charge in [-0.3, -0.25) is 10.1 Å². The second-order valence-electron chi connectivity index (χ2n) is 3.90. The van der Waals surface area contributed by atoms with Crippen LogP contribution in [0.25, 0.3) is 0 Å². The third-order valence-electron chi connectivity index (χ3n) is 2.56. The van der Waals surface area contributed by atoms with Crippen molar-refractivity contribution in [1.82, 2.24) is 0 Å². The molecule has 2 aromatic carbocycles. The first-order valence-electron chi connectivity index (χ1n) is 5.48. The Balaban J connectivity index is 2.07. The first-order chi connectivity index (χ1) is 9.06. The molecule has 0 aliphatic heterocycles. The van der Waals surface area contributed by atoms with Crippen molar-refractivity contribution in [2.75, 3.05) is 5.32 Å². The van der Waals surface area contributed by atoms with E-state index in [1.165, 1.54) is 12.1 Å². The van der Waals surface area contributed by atoms with Crippen LogP contribution in [0, 0.1) is 10.1 Å². The molecule has 98 valence electrons. The minimum absolute atomic E-state index is 0.0146. The predicted octanol–water partition coefficient (Wildman–Crippen LogP) is 4.62. The van der Waals surface area contributed by atoms with Crippen molar-refractivity contribution in [3.8, 4) is 0 Å². The summed E-state index contributed by atoms with van der Waals surface area (Å²) in [5.41, 5.74) is 1.76. The van der Waals surface area contributed by atoms with Gasteiger partial charge in [0.05, 0.1) is 15.6 Å². The van der Waals surface area contributed by atoms with Crippen molar-refractivity contribution < 1.29 is 4.92 Å². The molecule has 0 fully saturated rings. The van der Waals surface area contributed by atoms with Gasteiger partial charge in [-0.15, -0.1) is 0 Å². The number of benzene rings is 2. The number of rotatable bonds is 4. The Morgan fingerprint density at radius 2 is 1.89 bits per heavy atom. The third kappa shape index (κ3) is 3.68. The minimum atomic E-state index is -0.468. The number of nitro groups is 1. The monoisotopic (exact) mass is 340 g/mol. The lowest BCUT2D eigenvalue weighted by molar-refractivity contribution is -0.384. The molecule has 0 aliphatic carbocycles. The lowest BCUT2D eigenvalue weighted by atomic mass is 10.2. The molecule has 0 unspecified atom stereocenters. The van der Waals surface area contributed by atoms with E-state index in [1.54, 1.807) is 6.07 Å². The quantitative estimate of drug-likeness (QED) is 0.652. The van der Waals surface area contributed by atoms with E-state index < -0.39 is 4.92 Å². The maximum absolute atomic E-state index is 10.6. The van der Waals surface area contributed by atoms with Gasteiger partial charge in [-0.05, 0) is 23.8 Å². The molecule has 0 spiro atoms. The van der Waals surface area contributed by atoms with Gasteiger partial charge in [0.2, 0.25) is 0 Å². The SMILES string of the molecule is O=[N+]([O-])c1ccc(NCc2ccc(Br)cc2)c(Cl)c1. The Morgan fingerprint density at radius 1 is 1.21 bits per heavy atom. The van der Waals surface area contributed by atoms with Crippen molar-refractivity contribution in [2.45, 2.75) is 6.54 Å². The third-order valence-corrected chi connectivity index (χ3v) is 3.40. The molecule has 0 radical (unpaired) electrons.